The van der Waals surface area contributed by atoms with Gasteiger partial charge in [-0.1, -0.05) is 18.2 Å². The molecule has 0 unspecified atom stereocenters. The topological polar surface area (TPSA) is 62.3 Å². The van der Waals surface area contributed by atoms with Gasteiger partial charge in [0.25, 0.3) is 5.91 Å². The molecule has 1 atom stereocenters. The van der Waals surface area contributed by atoms with Gasteiger partial charge in [-0.05, 0) is 12.1 Å². The highest BCUT2D eigenvalue weighted by atomic mass is 16.6. The Morgan fingerprint density at radius 3 is 2.67 bits per heavy atom. The van der Waals surface area contributed by atoms with Crippen LogP contribution in [0, 0.1) is 0 Å². The molecule has 2 aliphatic heterocycles. The Morgan fingerprint density at radius 1 is 1.21 bits per heavy atom. The zero-order valence-corrected chi connectivity index (χ0v) is 14.1. The van der Waals surface area contributed by atoms with Gasteiger partial charge in [-0.2, -0.15) is 0 Å². The number of para-hydroxylation sites is 1. The van der Waals surface area contributed by atoms with Crippen molar-refractivity contribution in [3.63, 3.8) is 0 Å². The van der Waals surface area contributed by atoms with Gasteiger partial charge in [-0.25, -0.2) is 4.79 Å². The van der Waals surface area contributed by atoms with Crippen LogP contribution < -0.4 is 4.90 Å². The maximum absolute atomic E-state index is 12.4. The molecular weight excluding hydrogens is 310 g/mol. The van der Waals surface area contributed by atoms with Gasteiger partial charge >= 0.3 is 6.03 Å². The molecule has 2 aliphatic rings. The van der Waals surface area contributed by atoms with Gasteiger partial charge < -0.3 is 24.2 Å². The molecule has 7 heteroatoms. The van der Waals surface area contributed by atoms with Gasteiger partial charge in [0.1, 0.15) is 12.2 Å². The second kappa shape index (κ2) is 6.78. The molecule has 0 aromatic heterocycles. The van der Waals surface area contributed by atoms with Crippen molar-refractivity contribution in [2.45, 2.75) is 5.60 Å². The molecular formula is C17H23N3O4. The fourth-order valence-electron chi connectivity index (χ4n) is 3.09. The largest absolute Gasteiger partial charge is 0.376 e. The maximum Gasteiger partial charge on any atom is 0.319 e. The molecule has 3 amide bonds. The highest BCUT2D eigenvalue weighted by Gasteiger charge is 2.44. The molecule has 0 saturated carbocycles. The molecule has 1 aromatic carbocycles. The van der Waals surface area contributed by atoms with E-state index >= 15 is 0 Å². The van der Waals surface area contributed by atoms with E-state index in [4.69, 9.17) is 9.47 Å². The number of morpholine rings is 1. The van der Waals surface area contributed by atoms with E-state index in [9.17, 15) is 9.59 Å². The third-order valence-electron chi connectivity index (χ3n) is 4.32. The molecule has 0 aliphatic carbocycles. The second-order valence-electron chi connectivity index (χ2n) is 6.44. The average Bonchev–Trinajstić information content (AvgIpc) is 2.80. The summed E-state index contributed by atoms with van der Waals surface area (Å²) in [4.78, 5) is 29.6. The van der Waals surface area contributed by atoms with E-state index in [2.05, 4.69) is 0 Å². The van der Waals surface area contributed by atoms with E-state index < -0.39 is 5.60 Å². The lowest BCUT2D eigenvalue weighted by Gasteiger charge is -2.43. The summed E-state index contributed by atoms with van der Waals surface area (Å²) in [5.74, 6) is -0.0819. The molecule has 2 heterocycles. The minimum atomic E-state index is -0.702. The van der Waals surface area contributed by atoms with Crippen molar-refractivity contribution >= 4 is 17.6 Å². The van der Waals surface area contributed by atoms with Gasteiger partial charge in [-0.3, -0.25) is 4.79 Å². The van der Waals surface area contributed by atoms with Gasteiger partial charge in [0.05, 0.1) is 26.3 Å². The van der Waals surface area contributed by atoms with Crippen molar-refractivity contribution in [3.05, 3.63) is 30.3 Å². The fraction of sp³-hybridized carbons (Fsp3) is 0.529. The first-order chi connectivity index (χ1) is 11.5. The molecule has 7 nitrogen and oxygen atoms in total. The number of urea groups is 1. The van der Waals surface area contributed by atoms with Gasteiger partial charge in [0, 0.05) is 26.3 Å². The third kappa shape index (κ3) is 3.37. The Hall–Kier alpha value is -2.12. The first kappa shape index (κ1) is 16.7. The van der Waals surface area contributed by atoms with Crippen LogP contribution in [0.5, 0.6) is 0 Å². The summed E-state index contributed by atoms with van der Waals surface area (Å²) in [5.41, 5.74) is 0.131. The van der Waals surface area contributed by atoms with Crippen LogP contribution in [-0.4, -0.2) is 80.9 Å². The molecule has 1 aromatic rings. The first-order valence-corrected chi connectivity index (χ1v) is 8.04. The van der Waals surface area contributed by atoms with Gasteiger partial charge in [0.15, 0.2) is 0 Å². The van der Waals surface area contributed by atoms with Gasteiger partial charge in [0.2, 0.25) is 0 Å². The minimum Gasteiger partial charge on any atom is -0.376 e. The molecule has 3 rings (SSSR count). The number of carbonyl (C=O) groups excluding carboxylic acids is 2. The Kier molecular flexibility index (Phi) is 4.73. The second-order valence-corrected chi connectivity index (χ2v) is 6.44. The Labute approximate surface area is 141 Å². The minimum absolute atomic E-state index is 0.0117. The summed E-state index contributed by atoms with van der Waals surface area (Å²) >= 11 is 0. The van der Waals surface area contributed by atoms with Crippen LogP contribution in [0.2, 0.25) is 0 Å². The van der Waals surface area contributed by atoms with Crippen molar-refractivity contribution in [2.75, 3.05) is 58.5 Å². The summed E-state index contributed by atoms with van der Waals surface area (Å²) in [5, 5.41) is 0. The van der Waals surface area contributed by atoms with Crippen molar-refractivity contribution < 1.29 is 19.1 Å². The van der Waals surface area contributed by atoms with Gasteiger partial charge in [-0.15, -0.1) is 0 Å². The van der Waals surface area contributed by atoms with E-state index in [1.54, 1.807) is 28.8 Å². The number of benzene rings is 1. The van der Waals surface area contributed by atoms with Crippen LogP contribution in [0.1, 0.15) is 0 Å². The summed E-state index contributed by atoms with van der Waals surface area (Å²) in [6.07, 6.45) is 0. The molecule has 0 radical (unpaired) electrons. The van der Waals surface area contributed by atoms with E-state index in [0.29, 0.717) is 32.8 Å². The Balaban J connectivity index is 1.83. The highest BCUT2D eigenvalue weighted by Crippen LogP contribution is 2.27. The monoisotopic (exact) mass is 333 g/mol. The molecule has 0 bridgehead atoms. The SMILES string of the molecule is CN(C)C(=O)N1CCOC[C@@]2(C1)CN(c1ccccc1)C(=O)CO2. The Bertz CT molecular complexity index is 607. The fourth-order valence-corrected chi connectivity index (χ4v) is 3.09. The van der Waals surface area contributed by atoms with E-state index in [0.717, 1.165) is 5.69 Å². The van der Waals surface area contributed by atoms with E-state index in [1.165, 1.54) is 0 Å². The third-order valence-corrected chi connectivity index (χ3v) is 4.32. The van der Waals surface area contributed by atoms with E-state index in [-0.39, 0.29) is 18.5 Å². The predicted octanol–water partition coefficient (Wildman–Crippen LogP) is 0.802. The highest BCUT2D eigenvalue weighted by molar-refractivity contribution is 5.95. The predicted molar refractivity (Wildman–Crippen MR) is 89.0 cm³/mol. The normalized spacial score (nSPS) is 24.8. The number of hydrogen-bond acceptors (Lipinski definition) is 4. The van der Waals surface area contributed by atoms with Crippen LogP contribution in [-0.2, 0) is 14.3 Å². The summed E-state index contributed by atoms with van der Waals surface area (Å²) < 4.78 is 11.6. The zero-order chi connectivity index (χ0) is 17.2. The van der Waals surface area contributed by atoms with Crippen molar-refractivity contribution in [3.8, 4) is 0 Å². The summed E-state index contributed by atoms with van der Waals surface area (Å²) in [7, 11) is 3.45. The molecule has 2 saturated heterocycles. The number of carbonyl (C=O) groups is 2. The van der Waals surface area contributed by atoms with Crippen LogP contribution in [0.3, 0.4) is 0 Å². The molecule has 0 N–H and O–H groups in total. The van der Waals surface area contributed by atoms with Crippen molar-refractivity contribution in [1.29, 1.82) is 0 Å². The summed E-state index contributed by atoms with van der Waals surface area (Å²) in [6, 6.07) is 9.43. The molecule has 24 heavy (non-hydrogen) atoms. The number of hydrogen-bond donors (Lipinski definition) is 0. The quantitative estimate of drug-likeness (QED) is 0.763. The lowest BCUT2D eigenvalue weighted by molar-refractivity contribution is -0.145. The standard InChI is InChI=1S/C17H23N3O4/c1-18(2)16(22)19-8-9-23-13-17(11-19)12-20(15(21)10-24-17)14-6-4-3-5-7-14/h3-7H,8-13H2,1-2H3/t17-/m1/s1. The molecule has 130 valence electrons. The Morgan fingerprint density at radius 2 is 1.96 bits per heavy atom. The van der Waals surface area contributed by atoms with Crippen LogP contribution in [0.25, 0.3) is 0 Å². The number of nitrogens with zero attached hydrogens (tertiary/aromatic N) is 3. The number of amides is 3. The lowest BCUT2D eigenvalue weighted by Crippen LogP contribution is -2.61. The van der Waals surface area contributed by atoms with Crippen LogP contribution in [0.15, 0.2) is 30.3 Å². The zero-order valence-electron chi connectivity index (χ0n) is 14.1. The lowest BCUT2D eigenvalue weighted by atomic mass is 10.0. The smallest absolute Gasteiger partial charge is 0.319 e. The van der Waals surface area contributed by atoms with Crippen LogP contribution in [0.4, 0.5) is 10.5 Å². The molecule has 2 fully saturated rings. The number of rotatable bonds is 1. The first-order valence-electron chi connectivity index (χ1n) is 8.04. The van der Waals surface area contributed by atoms with Crippen molar-refractivity contribution in [2.24, 2.45) is 0 Å². The van der Waals surface area contributed by atoms with Crippen LogP contribution >= 0.6 is 0 Å². The number of anilines is 1. The van der Waals surface area contributed by atoms with Crippen molar-refractivity contribution in [1.82, 2.24) is 9.80 Å². The summed E-state index contributed by atoms with van der Waals surface area (Å²) in [6.45, 7) is 2.10. The van der Waals surface area contributed by atoms with E-state index in [1.807, 2.05) is 30.3 Å². The number of ether oxygens (including phenoxy) is 2. The average molecular weight is 333 g/mol. The maximum atomic E-state index is 12.4. The molecule has 1 spiro atoms.